The Labute approximate surface area is 180 Å². The number of aromatic nitrogens is 4. The minimum Gasteiger partial charge on any atom is -0.444 e. The number of ether oxygens (including phenoxy) is 1. The van der Waals surface area contributed by atoms with Gasteiger partial charge in [0.1, 0.15) is 16.9 Å². The highest BCUT2D eigenvalue weighted by Crippen LogP contribution is 2.31. The highest BCUT2D eigenvalue weighted by atomic mass is 19.1. The summed E-state index contributed by atoms with van der Waals surface area (Å²) < 4.78 is 27.0. The second-order valence-electron chi connectivity index (χ2n) is 9.26. The van der Waals surface area contributed by atoms with E-state index in [0.717, 1.165) is 11.1 Å². The number of carbonyl (C=O) groups is 1. The number of rotatable bonds is 3. The van der Waals surface area contributed by atoms with Crippen molar-refractivity contribution in [3.63, 3.8) is 0 Å². The van der Waals surface area contributed by atoms with Crippen LogP contribution in [0.4, 0.5) is 9.18 Å². The van der Waals surface area contributed by atoms with Crippen LogP contribution in [0.5, 0.6) is 0 Å². The van der Waals surface area contributed by atoms with Crippen LogP contribution >= 0.6 is 0 Å². The number of likely N-dealkylation sites (tertiary alicyclic amines) is 1. The van der Waals surface area contributed by atoms with Gasteiger partial charge in [-0.05, 0) is 50.8 Å². The topological polar surface area (TPSA) is 86.3 Å². The van der Waals surface area contributed by atoms with Crippen LogP contribution in [0, 0.1) is 5.82 Å². The molecule has 0 radical (unpaired) electrons. The summed E-state index contributed by atoms with van der Waals surface area (Å²) >= 11 is 0. The molecule has 0 atom stereocenters. The third-order valence-corrected chi connectivity index (χ3v) is 5.35. The summed E-state index contributed by atoms with van der Waals surface area (Å²) in [6.07, 6.45) is 1.07. The monoisotopic (exact) mass is 429 g/mol. The van der Waals surface area contributed by atoms with Gasteiger partial charge >= 0.3 is 6.09 Å². The summed E-state index contributed by atoms with van der Waals surface area (Å²) in [4.78, 5) is 18.5. The second-order valence-corrected chi connectivity index (χ2v) is 9.26. The molecular weight excluding hydrogens is 401 g/mol. The van der Waals surface area contributed by atoms with Crippen molar-refractivity contribution in [2.24, 2.45) is 0 Å². The van der Waals surface area contributed by atoms with Gasteiger partial charge in [0.15, 0.2) is 0 Å². The van der Waals surface area contributed by atoms with E-state index in [2.05, 4.69) is 15.2 Å². The molecule has 1 amide bonds. The van der Waals surface area contributed by atoms with Crippen LogP contribution < -0.4 is 0 Å². The van der Waals surface area contributed by atoms with E-state index in [0.29, 0.717) is 37.3 Å². The van der Waals surface area contributed by atoms with Crippen LogP contribution in [0.2, 0.25) is 0 Å². The Hall–Kier alpha value is -2.97. The van der Waals surface area contributed by atoms with Crippen molar-refractivity contribution < 1.29 is 18.4 Å². The van der Waals surface area contributed by atoms with Gasteiger partial charge in [0.25, 0.3) is 5.95 Å². The zero-order valence-corrected chi connectivity index (χ0v) is 18.6. The van der Waals surface area contributed by atoms with Gasteiger partial charge in [0.2, 0.25) is 5.89 Å². The molecule has 1 fully saturated rings. The van der Waals surface area contributed by atoms with Crippen LogP contribution in [-0.2, 0) is 4.74 Å². The molecule has 0 bridgehead atoms. The lowest BCUT2D eigenvalue weighted by atomic mass is 9.97. The summed E-state index contributed by atoms with van der Waals surface area (Å²) in [5, 5.41) is 9.38. The molecule has 3 aromatic rings. The third kappa shape index (κ3) is 4.26. The molecule has 0 N–H and O–H groups in total. The largest absolute Gasteiger partial charge is 0.444 e. The van der Waals surface area contributed by atoms with E-state index in [-0.39, 0.29) is 29.7 Å². The Bertz CT molecular complexity index is 1090. The normalized spacial score (nSPS) is 15.8. The predicted molar refractivity (Wildman–Crippen MR) is 113 cm³/mol. The Balaban J connectivity index is 1.53. The molecule has 8 nitrogen and oxygen atoms in total. The molecular formula is C22H28FN5O3. The Morgan fingerprint density at radius 3 is 2.61 bits per heavy atom. The van der Waals surface area contributed by atoms with E-state index in [4.69, 9.17) is 9.26 Å². The molecule has 0 aliphatic carbocycles. The maximum absolute atomic E-state index is 14.6. The van der Waals surface area contributed by atoms with E-state index < -0.39 is 5.60 Å². The molecule has 1 saturated heterocycles. The Morgan fingerprint density at radius 2 is 1.97 bits per heavy atom. The van der Waals surface area contributed by atoms with E-state index in [1.54, 1.807) is 11.0 Å². The first kappa shape index (κ1) is 21.3. The van der Waals surface area contributed by atoms with Gasteiger partial charge < -0.3 is 14.2 Å². The maximum atomic E-state index is 14.6. The van der Waals surface area contributed by atoms with Crippen molar-refractivity contribution in [1.82, 2.24) is 24.8 Å². The lowest BCUT2D eigenvalue weighted by molar-refractivity contribution is 0.0198. The maximum Gasteiger partial charge on any atom is 0.410 e. The first-order chi connectivity index (χ1) is 14.6. The average Bonchev–Trinajstić information content (AvgIpc) is 3.32. The minimum atomic E-state index is -0.522. The number of para-hydroxylation sites is 1. The average molecular weight is 429 g/mol. The fourth-order valence-electron chi connectivity index (χ4n) is 3.83. The fourth-order valence-corrected chi connectivity index (χ4v) is 3.83. The molecule has 31 heavy (non-hydrogen) atoms. The number of hydrogen-bond acceptors (Lipinski definition) is 6. The fraction of sp³-hybridized carbons (Fsp3) is 0.545. The van der Waals surface area contributed by atoms with Crippen molar-refractivity contribution in [2.45, 2.75) is 64.9 Å². The number of nitrogens with zero attached hydrogens (tertiary/aromatic N) is 5. The van der Waals surface area contributed by atoms with Crippen molar-refractivity contribution in [3.05, 3.63) is 35.6 Å². The highest BCUT2D eigenvalue weighted by molar-refractivity contribution is 5.84. The number of piperidine rings is 1. The van der Waals surface area contributed by atoms with Crippen LogP contribution in [-0.4, -0.2) is 49.6 Å². The molecule has 1 aliphatic rings. The lowest BCUT2D eigenvalue weighted by Crippen LogP contribution is -2.41. The van der Waals surface area contributed by atoms with Gasteiger partial charge in [-0.2, -0.15) is 14.8 Å². The van der Waals surface area contributed by atoms with E-state index in [1.165, 1.54) is 10.7 Å². The van der Waals surface area contributed by atoms with Crippen LogP contribution in [0.1, 0.15) is 70.9 Å². The van der Waals surface area contributed by atoms with Crippen molar-refractivity contribution in [3.8, 4) is 5.95 Å². The van der Waals surface area contributed by atoms with Crippen LogP contribution in [0.15, 0.2) is 22.7 Å². The third-order valence-electron chi connectivity index (χ3n) is 5.35. The van der Waals surface area contributed by atoms with E-state index >= 15 is 0 Å². The SMILES string of the molecule is CC(C)c1nn(-c2noc(C3CCN(C(=O)OC(C)(C)C)CC3)n2)c2c(F)cccc12. The van der Waals surface area contributed by atoms with E-state index in [1.807, 2.05) is 40.7 Å². The summed E-state index contributed by atoms with van der Waals surface area (Å²) in [5.41, 5.74) is 0.608. The summed E-state index contributed by atoms with van der Waals surface area (Å²) in [6.45, 7) is 10.7. The van der Waals surface area contributed by atoms with Gasteiger partial charge in [-0.15, -0.1) is 0 Å². The van der Waals surface area contributed by atoms with Gasteiger partial charge in [-0.3, -0.25) is 0 Å². The zero-order chi connectivity index (χ0) is 22.3. The summed E-state index contributed by atoms with van der Waals surface area (Å²) in [5.74, 6) is 0.454. The number of benzene rings is 1. The number of fused-ring (bicyclic) bond motifs is 1. The standard InChI is InChI=1S/C22H28FN5O3/c1-13(2)17-15-7-6-8-16(23)18(15)28(25-17)20-24-19(31-26-20)14-9-11-27(12-10-14)21(29)30-22(3,4)5/h6-8,13-14H,9-12H2,1-5H3. The first-order valence-electron chi connectivity index (χ1n) is 10.6. The summed E-state index contributed by atoms with van der Waals surface area (Å²) in [7, 11) is 0. The molecule has 1 aliphatic heterocycles. The lowest BCUT2D eigenvalue weighted by Gasteiger charge is -2.32. The van der Waals surface area contributed by atoms with Crippen molar-refractivity contribution >= 4 is 17.0 Å². The predicted octanol–water partition coefficient (Wildman–Crippen LogP) is 4.79. The molecule has 0 spiro atoms. The van der Waals surface area contributed by atoms with Crippen LogP contribution in [0.25, 0.3) is 16.9 Å². The molecule has 0 unspecified atom stereocenters. The molecule has 9 heteroatoms. The number of halogens is 1. The number of amides is 1. The zero-order valence-electron chi connectivity index (χ0n) is 18.6. The van der Waals surface area contributed by atoms with E-state index in [9.17, 15) is 9.18 Å². The Morgan fingerprint density at radius 1 is 1.26 bits per heavy atom. The molecule has 166 valence electrons. The smallest absolute Gasteiger partial charge is 0.410 e. The van der Waals surface area contributed by atoms with Crippen molar-refractivity contribution in [2.75, 3.05) is 13.1 Å². The molecule has 2 aromatic heterocycles. The minimum absolute atomic E-state index is 0.0242. The molecule has 4 rings (SSSR count). The van der Waals surface area contributed by atoms with Crippen molar-refractivity contribution in [1.29, 1.82) is 0 Å². The molecule has 0 saturated carbocycles. The molecule has 1 aromatic carbocycles. The second kappa shape index (κ2) is 7.94. The first-order valence-corrected chi connectivity index (χ1v) is 10.6. The van der Waals surface area contributed by atoms with Gasteiger partial charge in [0, 0.05) is 24.4 Å². The van der Waals surface area contributed by atoms with Gasteiger partial charge in [-0.1, -0.05) is 26.0 Å². The van der Waals surface area contributed by atoms with Crippen LogP contribution in [0.3, 0.4) is 0 Å². The number of carbonyl (C=O) groups excluding carboxylic acids is 1. The highest BCUT2D eigenvalue weighted by Gasteiger charge is 2.30. The number of hydrogen-bond donors (Lipinski definition) is 0. The summed E-state index contributed by atoms with van der Waals surface area (Å²) in [6, 6.07) is 4.93. The Kier molecular flexibility index (Phi) is 5.45. The molecule has 3 heterocycles. The quantitative estimate of drug-likeness (QED) is 0.595. The van der Waals surface area contributed by atoms with Gasteiger partial charge in [0.05, 0.1) is 5.69 Å². The van der Waals surface area contributed by atoms with Gasteiger partial charge in [-0.25, -0.2) is 9.18 Å².